The van der Waals surface area contributed by atoms with Gasteiger partial charge in [0.2, 0.25) is 0 Å². The molecule has 0 unspecified atom stereocenters. The number of amides is 1. The van der Waals surface area contributed by atoms with Crippen molar-refractivity contribution in [2.75, 3.05) is 46.3 Å². The Kier molecular flexibility index (Phi) is 3.99. The molecule has 0 aromatic carbocycles. The first kappa shape index (κ1) is 15.5. The van der Waals surface area contributed by atoms with Crippen LogP contribution in [0.5, 0.6) is 0 Å². The molecule has 0 saturated carbocycles. The number of hydrogen-bond donors (Lipinski definition) is 1. The Hall–Kier alpha value is -1.40. The molecule has 6 heteroatoms. The van der Waals surface area contributed by atoms with E-state index in [9.17, 15) is 4.79 Å². The number of carbonyl (C=O) groups excluding carboxylic acids is 1. The van der Waals surface area contributed by atoms with Gasteiger partial charge in [-0.2, -0.15) is 5.10 Å². The van der Waals surface area contributed by atoms with Gasteiger partial charge in [0.05, 0.1) is 0 Å². The van der Waals surface area contributed by atoms with Gasteiger partial charge >= 0.3 is 0 Å². The molecule has 3 rings (SSSR count). The molecule has 0 radical (unpaired) electrons. The fourth-order valence-electron chi connectivity index (χ4n) is 3.02. The van der Waals surface area contributed by atoms with Crippen LogP contribution in [0.1, 0.15) is 37.0 Å². The Bertz CT molecular complexity index is 533. The third-order valence-corrected chi connectivity index (χ3v) is 4.81. The molecule has 2 saturated heterocycles. The highest BCUT2D eigenvalue weighted by atomic mass is 16.2. The third-order valence-electron chi connectivity index (χ3n) is 4.81. The second kappa shape index (κ2) is 5.66. The molecule has 2 aliphatic heterocycles. The third kappa shape index (κ3) is 3.03. The number of nitrogens with one attached hydrogen (secondary N) is 1. The van der Waals surface area contributed by atoms with Gasteiger partial charge < -0.3 is 9.80 Å². The lowest BCUT2D eigenvalue weighted by Gasteiger charge is -2.47. The number of nitrogens with zero attached hydrogens (tertiary/aromatic N) is 4. The average Bonchev–Trinajstić information content (AvgIpc) is 2.88. The van der Waals surface area contributed by atoms with Crippen molar-refractivity contribution in [2.24, 2.45) is 0 Å². The molecular weight excluding hydrogens is 278 g/mol. The minimum Gasteiger partial charge on any atom is -0.334 e. The van der Waals surface area contributed by atoms with Gasteiger partial charge in [-0.3, -0.25) is 14.8 Å². The van der Waals surface area contributed by atoms with Crippen molar-refractivity contribution < 1.29 is 4.79 Å². The van der Waals surface area contributed by atoms with Crippen LogP contribution in [0.2, 0.25) is 0 Å². The lowest BCUT2D eigenvalue weighted by Crippen LogP contribution is -2.64. The second-order valence-corrected chi connectivity index (χ2v) is 7.62. The molecule has 1 amide bonds. The minimum atomic E-state index is -0.0111. The topological polar surface area (TPSA) is 55.5 Å². The number of H-pyrrole nitrogens is 1. The molecule has 1 N–H and O–H groups in total. The number of likely N-dealkylation sites (N-methyl/N-ethyl adjacent to an activating group) is 1. The quantitative estimate of drug-likeness (QED) is 0.877. The molecule has 0 atom stereocenters. The number of likely N-dealkylation sites (tertiary alicyclic amines) is 1. The predicted octanol–water partition coefficient (Wildman–Crippen LogP) is 0.779. The highest BCUT2D eigenvalue weighted by Crippen LogP contribution is 2.23. The van der Waals surface area contributed by atoms with Crippen LogP contribution in [-0.4, -0.2) is 83.2 Å². The van der Waals surface area contributed by atoms with Crippen molar-refractivity contribution >= 4 is 5.91 Å². The van der Waals surface area contributed by atoms with E-state index < -0.39 is 0 Å². The van der Waals surface area contributed by atoms with Gasteiger partial charge in [0.25, 0.3) is 5.91 Å². The summed E-state index contributed by atoms with van der Waals surface area (Å²) in [5.41, 5.74) is 1.54. The van der Waals surface area contributed by atoms with Crippen LogP contribution in [0.25, 0.3) is 0 Å². The fourth-order valence-corrected chi connectivity index (χ4v) is 3.02. The summed E-state index contributed by atoms with van der Waals surface area (Å²) in [6, 6.07) is 2.42. The SMILES string of the molecule is CN1CCN(C2CN(C(=O)c3cc(C(C)(C)C)[nH]n3)C2)CC1. The van der Waals surface area contributed by atoms with Gasteiger partial charge in [-0.25, -0.2) is 0 Å². The zero-order chi connectivity index (χ0) is 15.9. The van der Waals surface area contributed by atoms with Gasteiger partial charge in [0.1, 0.15) is 5.69 Å². The maximum Gasteiger partial charge on any atom is 0.274 e. The normalized spacial score (nSPS) is 21.9. The van der Waals surface area contributed by atoms with Gasteiger partial charge in [0.15, 0.2) is 0 Å². The smallest absolute Gasteiger partial charge is 0.274 e. The molecule has 1 aromatic rings. The predicted molar refractivity (Wildman–Crippen MR) is 86.0 cm³/mol. The van der Waals surface area contributed by atoms with Crippen LogP contribution in [0.3, 0.4) is 0 Å². The van der Waals surface area contributed by atoms with Gasteiger partial charge in [-0.15, -0.1) is 0 Å². The van der Waals surface area contributed by atoms with E-state index in [0.29, 0.717) is 11.7 Å². The molecule has 6 nitrogen and oxygen atoms in total. The van der Waals surface area contributed by atoms with Crippen LogP contribution in [-0.2, 0) is 5.41 Å². The largest absolute Gasteiger partial charge is 0.334 e. The van der Waals surface area contributed by atoms with E-state index in [1.54, 1.807) is 0 Å². The van der Waals surface area contributed by atoms with Crippen molar-refractivity contribution in [2.45, 2.75) is 32.2 Å². The van der Waals surface area contributed by atoms with Crippen LogP contribution in [0.15, 0.2) is 6.07 Å². The summed E-state index contributed by atoms with van der Waals surface area (Å²) < 4.78 is 0. The standard InChI is InChI=1S/C16H27N5O/c1-16(2,3)14-9-13(17-18-14)15(22)21-10-12(11-21)20-7-5-19(4)6-8-20/h9,12H,5-8,10-11H2,1-4H3,(H,17,18). The van der Waals surface area contributed by atoms with E-state index >= 15 is 0 Å². The van der Waals surface area contributed by atoms with Crippen LogP contribution >= 0.6 is 0 Å². The van der Waals surface area contributed by atoms with Crippen molar-refractivity contribution in [3.8, 4) is 0 Å². The first-order chi connectivity index (χ1) is 10.3. The Morgan fingerprint density at radius 3 is 2.41 bits per heavy atom. The number of rotatable bonds is 2. The summed E-state index contributed by atoms with van der Waals surface area (Å²) in [6.07, 6.45) is 0. The maximum absolute atomic E-state index is 12.5. The number of hydrogen-bond acceptors (Lipinski definition) is 4. The highest BCUT2D eigenvalue weighted by molar-refractivity contribution is 5.93. The Morgan fingerprint density at radius 1 is 1.23 bits per heavy atom. The van der Waals surface area contributed by atoms with Crippen molar-refractivity contribution in [3.05, 3.63) is 17.5 Å². The van der Waals surface area contributed by atoms with E-state index in [2.05, 4.69) is 47.8 Å². The summed E-state index contributed by atoms with van der Waals surface area (Å²) in [4.78, 5) is 19.2. The molecule has 2 fully saturated rings. The molecule has 122 valence electrons. The second-order valence-electron chi connectivity index (χ2n) is 7.62. The number of carbonyl (C=O) groups is 1. The zero-order valence-electron chi connectivity index (χ0n) is 14.1. The Morgan fingerprint density at radius 2 is 1.86 bits per heavy atom. The van der Waals surface area contributed by atoms with Crippen molar-refractivity contribution in [1.82, 2.24) is 24.9 Å². The van der Waals surface area contributed by atoms with E-state index in [1.807, 2.05) is 11.0 Å². The zero-order valence-corrected chi connectivity index (χ0v) is 14.1. The first-order valence-electron chi connectivity index (χ1n) is 8.12. The first-order valence-corrected chi connectivity index (χ1v) is 8.12. The lowest BCUT2D eigenvalue weighted by molar-refractivity contribution is 0.0107. The molecule has 1 aromatic heterocycles. The Balaban J connectivity index is 1.54. The molecule has 0 aliphatic carbocycles. The van der Waals surface area contributed by atoms with Crippen LogP contribution in [0, 0.1) is 0 Å². The van der Waals surface area contributed by atoms with Crippen molar-refractivity contribution in [3.63, 3.8) is 0 Å². The number of aromatic amines is 1. The summed E-state index contributed by atoms with van der Waals surface area (Å²) in [5.74, 6) is 0.0529. The summed E-state index contributed by atoms with van der Waals surface area (Å²) in [6.45, 7) is 12.5. The summed E-state index contributed by atoms with van der Waals surface area (Å²) in [7, 11) is 2.17. The molecule has 2 aliphatic rings. The van der Waals surface area contributed by atoms with Crippen LogP contribution in [0.4, 0.5) is 0 Å². The molecule has 3 heterocycles. The fraction of sp³-hybridized carbons (Fsp3) is 0.750. The number of aromatic nitrogens is 2. The monoisotopic (exact) mass is 305 g/mol. The minimum absolute atomic E-state index is 0.0111. The van der Waals surface area contributed by atoms with Crippen molar-refractivity contribution in [1.29, 1.82) is 0 Å². The molecule has 22 heavy (non-hydrogen) atoms. The van der Waals surface area contributed by atoms with Gasteiger partial charge in [0, 0.05) is 56.4 Å². The van der Waals surface area contributed by atoms with E-state index in [1.165, 1.54) is 0 Å². The molecular formula is C16H27N5O. The summed E-state index contributed by atoms with van der Waals surface area (Å²) >= 11 is 0. The van der Waals surface area contributed by atoms with Gasteiger partial charge in [-0.05, 0) is 13.1 Å². The number of piperazine rings is 1. The average molecular weight is 305 g/mol. The van der Waals surface area contributed by atoms with E-state index in [0.717, 1.165) is 45.0 Å². The van der Waals surface area contributed by atoms with E-state index in [-0.39, 0.29) is 11.3 Å². The van der Waals surface area contributed by atoms with Crippen LogP contribution < -0.4 is 0 Å². The maximum atomic E-state index is 12.5. The van der Waals surface area contributed by atoms with Gasteiger partial charge in [-0.1, -0.05) is 20.8 Å². The Labute approximate surface area is 132 Å². The molecule has 0 spiro atoms. The van der Waals surface area contributed by atoms with E-state index in [4.69, 9.17) is 0 Å². The lowest BCUT2D eigenvalue weighted by atomic mass is 9.92. The highest BCUT2D eigenvalue weighted by Gasteiger charge is 2.37. The molecule has 0 bridgehead atoms. The summed E-state index contributed by atoms with van der Waals surface area (Å²) in [5, 5.41) is 7.19.